The zero-order valence-electron chi connectivity index (χ0n) is 5.45. The average molecular weight is 133 g/mol. The zero-order chi connectivity index (χ0) is 7.40. The maximum absolute atomic E-state index is 10.8. The Morgan fingerprint density at radius 3 is 2.40 bits per heavy atom. The number of hydrogen-bond donors (Lipinski definition) is 0. The van der Waals surface area contributed by atoms with Crippen LogP contribution in [0.2, 0.25) is 0 Å². The lowest BCUT2D eigenvalue weighted by molar-refractivity contribution is 0.100. The SMILES string of the molecule is C=NC(=O)c1ccccc1. The summed E-state index contributed by atoms with van der Waals surface area (Å²) in [6.07, 6.45) is 0. The maximum Gasteiger partial charge on any atom is 0.276 e. The van der Waals surface area contributed by atoms with Gasteiger partial charge in [0.2, 0.25) is 0 Å². The summed E-state index contributed by atoms with van der Waals surface area (Å²) >= 11 is 0. The minimum Gasteiger partial charge on any atom is -0.267 e. The first-order valence-corrected chi connectivity index (χ1v) is 2.90. The van der Waals surface area contributed by atoms with Gasteiger partial charge in [-0.25, -0.2) is 4.99 Å². The van der Waals surface area contributed by atoms with Gasteiger partial charge in [-0.15, -0.1) is 0 Å². The van der Waals surface area contributed by atoms with Gasteiger partial charge in [0.1, 0.15) is 0 Å². The van der Waals surface area contributed by atoms with E-state index in [2.05, 4.69) is 11.7 Å². The first kappa shape index (κ1) is 6.68. The Balaban J connectivity index is 2.95. The number of rotatable bonds is 1. The molecule has 0 spiro atoms. The average Bonchev–Trinajstić information content (AvgIpc) is 2.05. The highest BCUT2D eigenvalue weighted by molar-refractivity contribution is 5.96. The maximum atomic E-state index is 10.8. The largest absolute Gasteiger partial charge is 0.276 e. The van der Waals surface area contributed by atoms with Gasteiger partial charge in [-0.1, -0.05) is 18.2 Å². The lowest BCUT2D eigenvalue weighted by Crippen LogP contribution is -1.91. The van der Waals surface area contributed by atoms with E-state index in [1.165, 1.54) is 0 Å². The third-order valence-corrected chi connectivity index (χ3v) is 1.16. The molecule has 1 rings (SSSR count). The summed E-state index contributed by atoms with van der Waals surface area (Å²) in [6.45, 7) is 3.14. The number of nitrogens with zero attached hydrogens (tertiary/aromatic N) is 1. The van der Waals surface area contributed by atoms with E-state index >= 15 is 0 Å². The van der Waals surface area contributed by atoms with Crippen LogP contribution < -0.4 is 0 Å². The summed E-state index contributed by atoms with van der Waals surface area (Å²) in [5.74, 6) is -0.277. The highest BCUT2D eigenvalue weighted by Gasteiger charge is 1.97. The van der Waals surface area contributed by atoms with Crippen LogP contribution in [0.1, 0.15) is 10.4 Å². The molecule has 0 saturated carbocycles. The lowest BCUT2D eigenvalue weighted by atomic mass is 10.2. The smallest absolute Gasteiger partial charge is 0.267 e. The third-order valence-electron chi connectivity index (χ3n) is 1.16. The Morgan fingerprint density at radius 1 is 1.30 bits per heavy atom. The van der Waals surface area contributed by atoms with Crippen LogP contribution in [0.4, 0.5) is 0 Å². The van der Waals surface area contributed by atoms with Crippen LogP contribution in [0.25, 0.3) is 0 Å². The molecule has 0 unspecified atom stereocenters. The summed E-state index contributed by atoms with van der Waals surface area (Å²) in [4.78, 5) is 14.1. The number of benzene rings is 1. The summed E-state index contributed by atoms with van der Waals surface area (Å²) in [5.41, 5.74) is 0.581. The molecule has 10 heavy (non-hydrogen) atoms. The molecule has 50 valence electrons. The second-order valence-corrected chi connectivity index (χ2v) is 1.83. The van der Waals surface area contributed by atoms with Gasteiger partial charge in [0.05, 0.1) is 0 Å². The van der Waals surface area contributed by atoms with Gasteiger partial charge in [0, 0.05) is 5.56 Å². The second-order valence-electron chi connectivity index (χ2n) is 1.83. The van der Waals surface area contributed by atoms with Crippen LogP contribution in [0.5, 0.6) is 0 Å². The van der Waals surface area contributed by atoms with E-state index in [0.29, 0.717) is 5.56 Å². The quantitative estimate of drug-likeness (QED) is 0.534. The van der Waals surface area contributed by atoms with Crippen LogP contribution in [0.3, 0.4) is 0 Å². The minimum absolute atomic E-state index is 0.277. The van der Waals surface area contributed by atoms with Crippen molar-refractivity contribution in [3.05, 3.63) is 35.9 Å². The Labute approximate surface area is 59.2 Å². The summed E-state index contributed by atoms with van der Waals surface area (Å²) in [7, 11) is 0. The van der Waals surface area contributed by atoms with Crippen LogP contribution >= 0.6 is 0 Å². The van der Waals surface area contributed by atoms with Crippen molar-refractivity contribution >= 4 is 12.6 Å². The van der Waals surface area contributed by atoms with Crippen molar-refractivity contribution in [2.45, 2.75) is 0 Å². The Hall–Kier alpha value is -1.44. The van der Waals surface area contributed by atoms with E-state index in [1.807, 2.05) is 6.07 Å². The number of aliphatic imine (C=N–C) groups is 1. The van der Waals surface area contributed by atoms with Crippen LogP contribution in [0, 0.1) is 0 Å². The predicted octanol–water partition coefficient (Wildman–Crippen LogP) is 1.53. The van der Waals surface area contributed by atoms with E-state index < -0.39 is 0 Å². The van der Waals surface area contributed by atoms with E-state index in [4.69, 9.17) is 0 Å². The second kappa shape index (κ2) is 2.92. The standard InChI is InChI=1S/C8H7NO/c1-9-8(10)7-5-3-2-4-6-7/h2-6H,1H2. The molecule has 0 aliphatic heterocycles. The van der Waals surface area contributed by atoms with Gasteiger partial charge in [-0.2, -0.15) is 0 Å². The van der Waals surface area contributed by atoms with Crippen molar-refractivity contribution in [2.24, 2.45) is 4.99 Å². The molecule has 0 fully saturated rings. The van der Waals surface area contributed by atoms with Crippen molar-refractivity contribution in [2.75, 3.05) is 0 Å². The van der Waals surface area contributed by atoms with Crippen LogP contribution in [0.15, 0.2) is 35.3 Å². The number of amides is 1. The van der Waals surface area contributed by atoms with Crippen molar-refractivity contribution in [3.8, 4) is 0 Å². The molecule has 1 aromatic rings. The Bertz CT molecular complexity index is 241. The summed E-state index contributed by atoms with van der Waals surface area (Å²) in [6, 6.07) is 8.84. The monoisotopic (exact) mass is 133 g/mol. The molecule has 0 saturated heterocycles. The Kier molecular flexibility index (Phi) is 1.95. The molecule has 0 aliphatic rings. The number of hydrogen-bond acceptors (Lipinski definition) is 1. The van der Waals surface area contributed by atoms with E-state index in [0.717, 1.165) is 0 Å². The van der Waals surface area contributed by atoms with Crippen molar-refractivity contribution < 1.29 is 4.79 Å². The topological polar surface area (TPSA) is 29.4 Å². The fraction of sp³-hybridized carbons (Fsp3) is 0. The molecule has 0 N–H and O–H groups in total. The highest BCUT2D eigenvalue weighted by Crippen LogP contribution is 1.98. The normalized spacial score (nSPS) is 8.80. The van der Waals surface area contributed by atoms with Crippen LogP contribution in [-0.4, -0.2) is 12.6 Å². The molecular formula is C8H7NO. The van der Waals surface area contributed by atoms with Gasteiger partial charge >= 0.3 is 0 Å². The van der Waals surface area contributed by atoms with E-state index in [1.54, 1.807) is 24.3 Å². The third kappa shape index (κ3) is 1.29. The lowest BCUT2D eigenvalue weighted by Gasteiger charge is -1.89. The minimum atomic E-state index is -0.277. The van der Waals surface area contributed by atoms with Gasteiger partial charge in [-0.3, -0.25) is 4.79 Å². The molecule has 1 amide bonds. The number of carbonyl (C=O) groups is 1. The number of carbonyl (C=O) groups excluding carboxylic acids is 1. The van der Waals surface area contributed by atoms with Gasteiger partial charge < -0.3 is 0 Å². The van der Waals surface area contributed by atoms with E-state index in [9.17, 15) is 4.79 Å². The molecule has 0 bridgehead atoms. The molecule has 2 nitrogen and oxygen atoms in total. The fourth-order valence-electron chi connectivity index (χ4n) is 0.672. The molecule has 0 atom stereocenters. The van der Waals surface area contributed by atoms with Crippen molar-refractivity contribution in [3.63, 3.8) is 0 Å². The zero-order valence-corrected chi connectivity index (χ0v) is 5.45. The molecule has 0 aliphatic carbocycles. The van der Waals surface area contributed by atoms with Crippen LogP contribution in [-0.2, 0) is 0 Å². The van der Waals surface area contributed by atoms with Gasteiger partial charge in [0.25, 0.3) is 5.91 Å². The first-order chi connectivity index (χ1) is 4.84. The first-order valence-electron chi connectivity index (χ1n) is 2.90. The fourth-order valence-corrected chi connectivity index (χ4v) is 0.672. The van der Waals surface area contributed by atoms with Gasteiger partial charge in [0.15, 0.2) is 0 Å². The van der Waals surface area contributed by atoms with Crippen molar-refractivity contribution in [1.82, 2.24) is 0 Å². The molecule has 0 heterocycles. The summed E-state index contributed by atoms with van der Waals surface area (Å²) < 4.78 is 0. The molecule has 0 radical (unpaired) electrons. The molecule has 1 aromatic carbocycles. The summed E-state index contributed by atoms with van der Waals surface area (Å²) in [5, 5.41) is 0. The van der Waals surface area contributed by atoms with Gasteiger partial charge in [-0.05, 0) is 18.9 Å². The molecular weight excluding hydrogens is 126 g/mol. The molecule has 2 heteroatoms. The Morgan fingerprint density at radius 2 is 1.90 bits per heavy atom. The molecule has 0 aromatic heterocycles. The van der Waals surface area contributed by atoms with E-state index in [-0.39, 0.29) is 5.91 Å². The highest BCUT2D eigenvalue weighted by atomic mass is 16.1. The van der Waals surface area contributed by atoms with Crippen molar-refractivity contribution in [1.29, 1.82) is 0 Å². The predicted molar refractivity (Wildman–Crippen MR) is 40.3 cm³/mol.